The molecule has 0 bridgehead atoms. The summed E-state index contributed by atoms with van der Waals surface area (Å²) in [5.74, 6) is 0.711. The molecule has 1 aromatic carbocycles. The number of nitrogens with one attached hydrogen (secondary N) is 1. The fourth-order valence-electron chi connectivity index (χ4n) is 1.94. The lowest BCUT2D eigenvalue weighted by Crippen LogP contribution is -2.37. The van der Waals surface area contributed by atoms with Gasteiger partial charge in [0.05, 0.1) is 0 Å². The maximum absolute atomic E-state index is 5.86. The minimum absolute atomic E-state index is 0.597. The molecular formula is C15H25ClN2. The average molecular weight is 269 g/mol. The molecule has 0 spiro atoms. The molecule has 0 aliphatic rings. The van der Waals surface area contributed by atoms with Crippen LogP contribution in [0.5, 0.6) is 0 Å². The second kappa shape index (κ2) is 7.65. The number of hydrogen-bond donors (Lipinski definition) is 1. The Bertz CT molecular complexity index is 333. The molecule has 0 radical (unpaired) electrons. The first-order valence-electron chi connectivity index (χ1n) is 6.72. The third kappa shape index (κ3) is 5.74. The van der Waals surface area contributed by atoms with E-state index in [4.69, 9.17) is 11.6 Å². The van der Waals surface area contributed by atoms with E-state index in [0.717, 1.165) is 30.3 Å². The second-order valence-corrected chi connectivity index (χ2v) is 5.85. The smallest absolute Gasteiger partial charge is 0.0407 e. The van der Waals surface area contributed by atoms with Crippen LogP contribution in [0.4, 0.5) is 5.69 Å². The molecule has 0 atom stereocenters. The van der Waals surface area contributed by atoms with Crippen LogP contribution in [0.15, 0.2) is 24.3 Å². The third-order valence-electron chi connectivity index (χ3n) is 2.90. The van der Waals surface area contributed by atoms with Gasteiger partial charge in [0.2, 0.25) is 0 Å². The van der Waals surface area contributed by atoms with Crippen molar-refractivity contribution < 1.29 is 0 Å². The highest BCUT2D eigenvalue weighted by Gasteiger charge is 2.10. The lowest BCUT2D eigenvalue weighted by molar-refractivity contribution is 0.205. The first-order valence-corrected chi connectivity index (χ1v) is 7.10. The van der Waals surface area contributed by atoms with Crippen LogP contribution in [-0.2, 0) is 0 Å². The number of halogens is 1. The predicted octanol–water partition coefficient (Wildman–Crippen LogP) is 4.12. The molecule has 0 saturated heterocycles. The Morgan fingerprint density at radius 2 is 1.72 bits per heavy atom. The van der Waals surface area contributed by atoms with E-state index >= 15 is 0 Å². The van der Waals surface area contributed by atoms with Gasteiger partial charge in [-0.25, -0.2) is 0 Å². The number of anilines is 1. The predicted molar refractivity (Wildman–Crippen MR) is 81.5 cm³/mol. The molecule has 1 rings (SSSR count). The number of rotatable bonds is 7. The molecule has 18 heavy (non-hydrogen) atoms. The van der Waals surface area contributed by atoms with Crippen molar-refractivity contribution in [2.45, 2.75) is 33.7 Å². The first kappa shape index (κ1) is 15.3. The summed E-state index contributed by atoms with van der Waals surface area (Å²) in [6.07, 6.45) is 0. The number of benzene rings is 1. The zero-order chi connectivity index (χ0) is 13.5. The highest BCUT2D eigenvalue weighted by atomic mass is 35.5. The Morgan fingerprint density at radius 3 is 2.22 bits per heavy atom. The summed E-state index contributed by atoms with van der Waals surface area (Å²) in [4.78, 5) is 2.51. The maximum atomic E-state index is 5.86. The van der Waals surface area contributed by atoms with Crippen molar-refractivity contribution in [3.63, 3.8) is 0 Å². The summed E-state index contributed by atoms with van der Waals surface area (Å²) in [5.41, 5.74) is 1.13. The van der Waals surface area contributed by atoms with Gasteiger partial charge in [0, 0.05) is 36.4 Å². The monoisotopic (exact) mass is 268 g/mol. The van der Waals surface area contributed by atoms with Gasteiger partial charge in [0.1, 0.15) is 0 Å². The van der Waals surface area contributed by atoms with Gasteiger partial charge in [0.25, 0.3) is 0 Å². The van der Waals surface area contributed by atoms with Crippen molar-refractivity contribution in [2.75, 3.05) is 25.0 Å². The molecule has 1 N–H and O–H groups in total. The standard InChI is InChI=1S/C15H25ClN2/c1-12(2)11-18(13(3)4)10-9-17-15-7-5-14(16)6-8-15/h5-8,12-13,17H,9-11H2,1-4H3. The van der Waals surface area contributed by atoms with Gasteiger partial charge < -0.3 is 5.32 Å². The summed E-state index contributed by atoms with van der Waals surface area (Å²) in [6, 6.07) is 8.46. The van der Waals surface area contributed by atoms with E-state index in [1.54, 1.807) is 0 Å². The van der Waals surface area contributed by atoms with E-state index in [9.17, 15) is 0 Å². The lowest BCUT2D eigenvalue weighted by Gasteiger charge is -2.28. The zero-order valence-electron chi connectivity index (χ0n) is 11.9. The molecule has 0 amide bonds. The quantitative estimate of drug-likeness (QED) is 0.800. The van der Waals surface area contributed by atoms with Gasteiger partial charge in [-0.1, -0.05) is 25.4 Å². The van der Waals surface area contributed by atoms with E-state index < -0.39 is 0 Å². The molecule has 0 fully saturated rings. The van der Waals surface area contributed by atoms with Crippen LogP contribution in [0.25, 0.3) is 0 Å². The topological polar surface area (TPSA) is 15.3 Å². The van der Waals surface area contributed by atoms with E-state index in [1.807, 2.05) is 24.3 Å². The Labute approximate surface area is 116 Å². The normalized spacial score (nSPS) is 11.6. The summed E-state index contributed by atoms with van der Waals surface area (Å²) in [6.45, 7) is 12.2. The van der Waals surface area contributed by atoms with Crippen LogP contribution in [0.3, 0.4) is 0 Å². The largest absolute Gasteiger partial charge is 0.384 e. The van der Waals surface area contributed by atoms with Crippen molar-refractivity contribution >= 4 is 17.3 Å². The molecule has 3 heteroatoms. The van der Waals surface area contributed by atoms with Crippen molar-refractivity contribution in [3.05, 3.63) is 29.3 Å². The maximum Gasteiger partial charge on any atom is 0.0407 e. The Balaban J connectivity index is 2.36. The minimum atomic E-state index is 0.597. The fraction of sp³-hybridized carbons (Fsp3) is 0.600. The molecule has 0 saturated carbocycles. The van der Waals surface area contributed by atoms with Gasteiger partial charge >= 0.3 is 0 Å². The van der Waals surface area contributed by atoms with Gasteiger partial charge in [-0.15, -0.1) is 0 Å². The van der Waals surface area contributed by atoms with Crippen LogP contribution >= 0.6 is 11.6 Å². The average Bonchev–Trinajstić information content (AvgIpc) is 2.29. The first-order chi connectivity index (χ1) is 8.49. The summed E-state index contributed by atoms with van der Waals surface area (Å²) >= 11 is 5.86. The van der Waals surface area contributed by atoms with Gasteiger partial charge in [-0.3, -0.25) is 4.90 Å². The van der Waals surface area contributed by atoms with Crippen molar-refractivity contribution in [2.24, 2.45) is 5.92 Å². The second-order valence-electron chi connectivity index (χ2n) is 5.42. The van der Waals surface area contributed by atoms with Crippen LogP contribution in [0.1, 0.15) is 27.7 Å². The molecule has 102 valence electrons. The Hall–Kier alpha value is -0.730. The summed E-state index contributed by atoms with van der Waals surface area (Å²) in [5, 5.41) is 4.21. The van der Waals surface area contributed by atoms with Gasteiger partial charge in [0.15, 0.2) is 0 Å². The van der Waals surface area contributed by atoms with E-state index in [-0.39, 0.29) is 0 Å². The fourth-order valence-corrected chi connectivity index (χ4v) is 2.07. The van der Waals surface area contributed by atoms with Gasteiger partial charge in [-0.2, -0.15) is 0 Å². The lowest BCUT2D eigenvalue weighted by atomic mass is 10.2. The van der Waals surface area contributed by atoms with Crippen molar-refractivity contribution in [1.29, 1.82) is 0 Å². The van der Waals surface area contributed by atoms with Crippen LogP contribution in [-0.4, -0.2) is 30.6 Å². The molecule has 0 heterocycles. The highest BCUT2D eigenvalue weighted by molar-refractivity contribution is 6.30. The SMILES string of the molecule is CC(C)CN(CCNc1ccc(Cl)cc1)C(C)C. The molecule has 1 aromatic rings. The summed E-state index contributed by atoms with van der Waals surface area (Å²) < 4.78 is 0. The van der Waals surface area contributed by atoms with E-state index in [2.05, 4.69) is 37.9 Å². The van der Waals surface area contributed by atoms with Crippen molar-refractivity contribution in [1.82, 2.24) is 4.90 Å². The molecule has 0 aliphatic carbocycles. The Morgan fingerprint density at radius 1 is 1.11 bits per heavy atom. The van der Waals surface area contributed by atoms with Gasteiger partial charge in [-0.05, 0) is 44.0 Å². The third-order valence-corrected chi connectivity index (χ3v) is 3.15. The molecule has 0 unspecified atom stereocenters. The number of hydrogen-bond acceptors (Lipinski definition) is 2. The van der Waals surface area contributed by atoms with Crippen LogP contribution in [0, 0.1) is 5.92 Å². The number of nitrogens with zero attached hydrogens (tertiary/aromatic N) is 1. The summed E-state index contributed by atoms with van der Waals surface area (Å²) in [7, 11) is 0. The van der Waals surface area contributed by atoms with E-state index in [0.29, 0.717) is 12.0 Å². The molecular weight excluding hydrogens is 244 g/mol. The van der Waals surface area contributed by atoms with E-state index in [1.165, 1.54) is 0 Å². The zero-order valence-corrected chi connectivity index (χ0v) is 12.7. The molecule has 0 aliphatic heterocycles. The van der Waals surface area contributed by atoms with Crippen molar-refractivity contribution in [3.8, 4) is 0 Å². The minimum Gasteiger partial charge on any atom is -0.384 e. The Kier molecular flexibility index (Phi) is 6.51. The molecule has 2 nitrogen and oxygen atoms in total. The van der Waals surface area contributed by atoms with Crippen LogP contribution in [0.2, 0.25) is 5.02 Å². The highest BCUT2D eigenvalue weighted by Crippen LogP contribution is 2.13. The molecule has 0 aromatic heterocycles. The van der Waals surface area contributed by atoms with Crippen LogP contribution < -0.4 is 5.32 Å².